The molecule has 154 valence electrons. The molecule has 2 aliphatic rings. The molecule has 5 heteroatoms. The predicted molar refractivity (Wildman–Crippen MR) is 112 cm³/mol. The molecule has 1 aliphatic carbocycles. The number of carbonyl (C=O) groups is 2. The topological polar surface area (TPSA) is 52.7 Å². The summed E-state index contributed by atoms with van der Waals surface area (Å²) in [5.41, 5.74) is 2.33. The van der Waals surface area contributed by atoms with Crippen LogP contribution in [0.1, 0.15) is 56.1 Å². The maximum atomic E-state index is 12.5. The minimum absolute atomic E-state index is 0.0278. The minimum Gasteiger partial charge on any atom is -0.356 e. The Kier molecular flexibility index (Phi) is 7.49. The van der Waals surface area contributed by atoms with Crippen LogP contribution in [0.4, 0.5) is 0 Å². The molecular weight excluding hydrogens is 350 g/mol. The quantitative estimate of drug-likeness (QED) is 0.700. The fourth-order valence-electron chi connectivity index (χ4n) is 4.40. The number of hydrogen-bond donors (Lipinski definition) is 1. The molecule has 1 saturated heterocycles. The number of aryl methyl sites for hydroxylation is 1. The molecule has 1 atom stereocenters. The molecule has 1 N–H and O–H groups in total. The Bertz CT molecular complexity index is 652. The van der Waals surface area contributed by atoms with Crippen molar-refractivity contribution < 1.29 is 9.59 Å². The summed E-state index contributed by atoms with van der Waals surface area (Å²) in [6.07, 6.45) is 7.99. The van der Waals surface area contributed by atoms with Crippen LogP contribution < -0.4 is 5.32 Å². The third-order valence-electron chi connectivity index (χ3n) is 6.26. The zero-order chi connectivity index (χ0) is 19.9. The van der Waals surface area contributed by atoms with Crippen molar-refractivity contribution in [3.05, 3.63) is 35.4 Å². The first-order chi connectivity index (χ1) is 13.5. The highest BCUT2D eigenvalue weighted by atomic mass is 16.2. The standard InChI is InChI=1S/C23H35N3O2/c1-18-9-11-19(12-10-18)16-26-17-20(15-22(26)27)23(28)24-13-6-14-25(2)21-7-4-3-5-8-21/h9-12,20-21H,3-8,13-17H2,1-2H3,(H,24,28). The van der Waals surface area contributed by atoms with Crippen LogP contribution in [0.25, 0.3) is 0 Å². The van der Waals surface area contributed by atoms with Gasteiger partial charge in [0.2, 0.25) is 11.8 Å². The van der Waals surface area contributed by atoms with E-state index >= 15 is 0 Å². The van der Waals surface area contributed by atoms with Gasteiger partial charge < -0.3 is 15.1 Å². The SMILES string of the molecule is Cc1ccc(CN2CC(C(=O)NCCCN(C)C3CCCCC3)CC2=O)cc1. The second-order valence-corrected chi connectivity index (χ2v) is 8.58. The fourth-order valence-corrected chi connectivity index (χ4v) is 4.40. The number of rotatable bonds is 8. The Hall–Kier alpha value is -1.88. The first-order valence-corrected chi connectivity index (χ1v) is 10.8. The molecule has 1 heterocycles. The van der Waals surface area contributed by atoms with E-state index in [0.29, 0.717) is 32.1 Å². The molecule has 0 bridgehead atoms. The molecule has 0 aromatic heterocycles. The number of carbonyl (C=O) groups excluding carboxylic acids is 2. The molecule has 1 aliphatic heterocycles. The third-order valence-corrected chi connectivity index (χ3v) is 6.26. The van der Waals surface area contributed by atoms with Crippen molar-refractivity contribution in [2.45, 2.75) is 64.5 Å². The van der Waals surface area contributed by atoms with Gasteiger partial charge in [0, 0.05) is 32.1 Å². The van der Waals surface area contributed by atoms with E-state index in [4.69, 9.17) is 0 Å². The van der Waals surface area contributed by atoms with Crippen LogP contribution in [0, 0.1) is 12.8 Å². The van der Waals surface area contributed by atoms with Crippen LogP contribution in [0.5, 0.6) is 0 Å². The highest BCUT2D eigenvalue weighted by Gasteiger charge is 2.34. The fraction of sp³-hybridized carbons (Fsp3) is 0.652. The summed E-state index contributed by atoms with van der Waals surface area (Å²) >= 11 is 0. The molecule has 2 amide bonds. The van der Waals surface area contributed by atoms with Crippen LogP contribution in [0.15, 0.2) is 24.3 Å². The van der Waals surface area contributed by atoms with Gasteiger partial charge in [-0.3, -0.25) is 9.59 Å². The largest absolute Gasteiger partial charge is 0.356 e. The van der Waals surface area contributed by atoms with Gasteiger partial charge in [-0.05, 0) is 45.3 Å². The summed E-state index contributed by atoms with van der Waals surface area (Å²) in [7, 11) is 2.20. The summed E-state index contributed by atoms with van der Waals surface area (Å²) in [5.74, 6) is -0.105. The van der Waals surface area contributed by atoms with Crippen molar-refractivity contribution in [2.24, 2.45) is 5.92 Å². The zero-order valence-electron chi connectivity index (χ0n) is 17.5. The van der Waals surface area contributed by atoms with Crippen LogP contribution in [-0.4, -0.2) is 54.3 Å². The second kappa shape index (κ2) is 10.1. The number of nitrogens with zero attached hydrogens (tertiary/aromatic N) is 2. The van der Waals surface area contributed by atoms with Gasteiger partial charge in [-0.15, -0.1) is 0 Å². The van der Waals surface area contributed by atoms with Crippen molar-refractivity contribution in [3.63, 3.8) is 0 Å². The molecule has 2 fully saturated rings. The molecule has 5 nitrogen and oxygen atoms in total. The van der Waals surface area contributed by atoms with Gasteiger partial charge in [0.25, 0.3) is 0 Å². The van der Waals surface area contributed by atoms with Crippen LogP contribution in [-0.2, 0) is 16.1 Å². The average Bonchev–Trinajstić information content (AvgIpc) is 3.08. The van der Waals surface area contributed by atoms with E-state index in [1.165, 1.54) is 37.7 Å². The second-order valence-electron chi connectivity index (χ2n) is 8.58. The van der Waals surface area contributed by atoms with Crippen molar-refractivity contribution in [2.75, 3.05) is 26.7 Å². The van der Waals surface area contributed by atoms with Gasteiger partial charge in [-0.2, -0.15) is 0 Å². The number of amides is 2. The summed E-state index contributed by atoms with van der Waals surface area (Å²) in [6.45, 7) is 4.89. The minimum atomic E-state index is -0.214. The van der Waals surface area contributed by atoms with E-state index < -0.39 is 0 Å². The lowest BCUT2D eigenvalue weighted by molar-refractivity contribution is -0.129. The molecule has 3 rings (SSSR count). The normalized spacial score (nSPS) is 20.8. The maximum Gasteiger partial charge on any atom is 0.225 e. The van der Waals surface area contributed by atoms with Crippen molar-refractivity contribution in [3.8, 4) is 0 Å². The number of hydrogen-bond acceptors (Lipinski definition) is 3. The highest BCUT2D eigenvalue weighted by molar-refractivity contribution is 5.89. The molecule has 1 saturated carbocycles. The lowest BCUT2D eigenvalue weighted by Gasteiger charge is -2.31. The monoisotopic (exact) mass is 385 g/mol. The van der Waals surface area contributed by atoms with Crippen molar-refractivity contribution in [1.29, 1.82) is 0 Å². The molecule has 1 aromatic carbocycles. The zero-order valence-corrected chi connectivity index (χ0v) is 17.5. The Morgan fingerprint density at radius 1 is 1.18 bits per heavy atom. The van der Waals surface area contributed by atoms with Gasteiger partial charge in [-0.25, -0.2) is 0 Å². The summed E-state index contributed by atoms with van der Waals surface area (Å²) in [6, 6.07) is 8.94. The first-order valence-electron chi connectivity index (χ1n) is 10.8. The van der Waals surface area contributed by atoms with Crippen molar-refractivity contribution in [1.82, 2.24) is 15.1 Å². The number of likely N-dealkylation sites (tertiary alicyclic amines) is 1. The Morgan fingerprint density at radius 3 is 2.61 bits per heavy atom. The molecular formula is C23H35N3O2. The maximum absolute atomic E-state index is 12.5. The average molecular weight is 386 g/mol. The lowest BCUT2D eigenvalue weighted by atomic mass is 9.94. The van der Waals surface area contributed by atoms with Gasteiger partial charge in [0.15, 0.2) is 0 Å². The van der Waals surface area contributed by atoms with Crippen LogP contribution in [0.2, 0.25) is 0 Å². The van der Waals surface area contributed by atoms with E-state index in [1.54, 1.807) is 0 Å². The first kappa shape index (κ1) is 20.8. The molecule has 28 heavy (non-hydrogen) atoms. The van der Waals surface area contributed by atoms with E-state index in [2.05, 4.69) is 48.5 Å². The van der Waals surface area contributed by atoms with E-state index in [9.17, 15) is 9.59 Å². The van der Waals surface area contributed by atoms with Gasteiger partial charge >= 0.3 is 0 Å². The lowest BCUT2D eigenvalue weighted by Crippen LogP contribution is -2.37. The summed E-state index contributed by atoms with van der Waals surface area (Å²) < 4.78 is 0. The summed E-state index contributed by atoms with van der Waals surface area (Å²) in [4.78, 5) is 29.0. The Labute approximate surface area is 169 Å². The molecule has 0 radical (unpaired) electrons. The molecule has 0 spiro atoms. The van der Waals surface area contributed by atoms with Crippen LogP contribution in [0.3, 0.4) is 0 Å². The van der Waals surface area contributed by atoms with Crippen LogP contribution >= 0.6 is 0 Å². The van der Waals surface area contributed by atoms with Gasteiger partial charge in [0.1, 0.15) is 0 Å². The molecule has 1 unspecified atom stereocenters. The van der Waals surface area contributed by atoms with Gasteiger partial charge in [0.05, 0.1) is 5.92 Å². The Balaban J connectivity index is 1.36. The van der Waals surface area contributed by atoms with Crippen molar-refractivity contribution >= 4 is 11.8 Å². The predicted octanol–water partition coefficient (Wildman–Crippen LogP) is 3.11. The van der Waals surface area contributed by atoms with E-state index in [-0.39, 0.29) is 17.7 Å². The van der Waals surface area contributed by atoms with Gasteiger partial charge in [-0.1, -0.05) is 49.1 Å². The number of nitrogens with one attached hydrogen (secondary N) is 1. The molecule has 1 aromatic rings. The number of benzene rings is 1. The highest BCUT2D eigenvalue weighted by Crippen LogP contribution is 2.22. The Morgan fingerprint density at radius 2 is 1.89 bits per heavy atom. The van der Waals surface area contributed by atoms with E-state index in [0.717, 1.165) is 18.5 Å². The third kappa shape index (κ3) is 5.81. The smallest absolute Gasteiger partial charge is 0.225 e. The van der Waals surface area contributed by atoms with E-state index in [1.807, 2.05) is 4.90 Å². The summed E-state index contributed by atoms with van der Waals surface area (Å²) in [5, 5.41) is 3.05.